The Morgan fingerprint density at radius 2 is 1.82 bits per heavy atom. The van der Waals surface area contributed by atoms with Crippen molar-refractivity contribution in [3.05, 3.63) is 34.4 Å². The van der Waals surface area contributed by atoms with E-state index in [9.17, 15) is 13.2 Å². The normalized spacial score (nSPS) is 10.0. The monoisotopic (exact) mass is 382 g/mol. The zero-order chi connectivity index (χ0) is 13.0. The standard InChI is InChI=1S/C10H8Br2O4S/c11-3-8-6(5-17(15)16)1-2-7(10(13)14)9(8)4-12/h1-2,5H,3-4H2,(H,13,14). The zero-order valence-electron chi connectivity index (χ0n) is 8.48. The summed E-state index contributed by atoms with van der Waals surface area (Å²) >= 11 is 6.46. The van der Waals surface area contributed by atoms with Crippen LogP contribution in [-0.2, 0) is 21.0 Å². The molecule has 0 spiro atoms. The summed E-state index contributed by atoms with van der Waals surface area (Å²) < 4.78 is 21.3. The van der Waals surface area contributed by atoms with Crippen molar-refractivity contribution in [2.75, 3.05) is 0 Å². The number of hydrogen-bond acceptors (Lipinski definition) is 3. The minimum absolute atomic E-state index is 0.171. The van der Waals surface area contributed by atoms with Gasteiger partial charge in [0.2, 0.25) is 10.3 Å². The second-order valence-electron chi connectivity index (χ2n) is 3.11. The molecule has 0 fully saturated rings. The van der Waals surface area contributed by atoms with Crippen LogP contribution in [0.4, 0.5) is 0 Å². The Hall–Kier alpha value is -0.660. The summed E-state index contributed by atoms with van der Waals surface area (Å²) in [6, 6.07) is 2.89. The Morgan fingerprint density at radius 1 is 1.24 bits per heavy atom. The summed E-state index contributed by atoms with van der Waals surface area (Å²) in [6.07, 6.45) is 0. The maximum Gasteiger partial charge on any atom is 0.336 e. The molecule has 1 aromatic carbocycles. The van der Waals surface area contributed by atoms with E-state index >= 15 is 0 Å². The molecule has 0 bridgehead atoms. The van der Waals surface area contributed by atoms with Crippen LogP contribution < -0.4 is 0 Å². The summed E-state index contributed by atoms with van der Waals surface area (Å²) in [6.45, 7) is 0. The highest BCUT2D eigenvalue weighted by Gasteiger charge is 2.15. The van der Waals surface area contributed by atoms with Gasteiger partial charge in [-0.15, -0.1) is 0 Å². The van der Waals surface area contributed by atoms with Crippen LogP contribution >= 0.6 is 31.9 Å². The molecule has 0 aromatic heterocycles. The molecule has 17 heavy (non-hydrogen) atoms. The number of aromatic carboxylic acids is 1. The number of halogens is 2. The average molecular weight is 384 g/mol. The van der Waals surface area contributed by atoms with Gasteiger partial charge >= 0.3 is 5.97 Å². The second kappa shape index (κ2) is 6.32. The Labute approximate surface area is 116 Å². The lowest BCUT2D eigenvalue weighted by atomic mass is 9.99. The summed E-state index contributed by atoms with van der Waals surface area (Å²) in [7, 11) is -2.31. The third-order valence-electron chi connectivity index (χ3n) is 2.19. The molecule has 1 rings (SSSR count). The van der Waals surface area contributed by atoms with Crippen LogP contribution in [0, 0.1) is 0 Å². The largest absolute Gasteiger partial charge is 0.478 e. The predicted octanol–water partition coefficient (Wildman–Crippen LogP) is 2.20. The molecular weight excluding hydrogens is 376 g/mol. The quantitative estimate of drug-likeness (QED) is 0.639. The number of benzene rings is 1. The van der Waals surface area contributed by atoms with Gasteiger partial charge in [-0.25, -0.2) is 4.79 Å². The number of rotatable bonds is 4. The van der Waals surface area contributed by atoms with Gasteiger partial charge < -0.3 is 5.11 Å². The number of carboxylic acids is 1. The average Bonchev–Trinajstić information content (AvgIpc) is 2.26. The lowest BCUT2D eigenvalue weighted by molar-refractivity contribution is 0.0696. The first-order valence-electron chi connectivity index (χ1n) is 4.44. The van der Waals surface area contributed by atoms with E-state index in [1.54, 1.807) is 0 Å². The van der Waals surface area contributed by atoms with Gasteiger partial charge in [-0.05, 0) is 22.8 Å². The first kappa shape index (κ1) is 14.4. The van der Waals surface area contributed by atoms with Gasteiger partial charge in [-0.1, -0.05) is 37.9 Å². The van der Waals surface area contributed by atoms with Crippen LogP contribution in [0.15, 0.2) is 12.1 Å². The Balaban J connectivity index is 3.59. The number of carbonyl (C=O) groups is 1. The first-order valence-corrected chi connectivity index (χ1v) is 7.82. The molecule has 0 unspecified atom stereocenters. The van der Waals surface area contributed by atoms with Crippen molar-refractivity contribution in [3.8, 4) is 0 Å². The maximum absolute atomic E-state index is 11.0. The summed E-state index contributed by atoms with van der Waals surface area (Å²) in [5.41, 5.74) is 1.90. The van der Waals surface area contributed by atoms with Gasteiger partial charge in [0.05, 0.1) is 10.9 Å². The van der Waals surface area contributed by atoms with E-state index in [2.05, 4.69) is 31.9 Å². The third kappa shape index (κ3) is 3.40. The van der Waals surface area contributed by atoms with E-state index in [4.69, 9.17) is 5.11 Å². The van der Waals surface area contributed by atoms with Crippen LogP contribution in [-0.4, -0.2) is 24.9 Å². The van der Waals surface area contributed by atoms with Crippen molar-refractivity contribution in [1.29, 1.82) is 0 Å². The van der Waals surface area contributed by atoms with Crippen LogP contribution in [0.2, 0.25) is 0 Å². The van der Waals surface area contributed by atoms with Crippen molar-refractivity contribution in [1.82, 2.24) is 0 Å². The van der Waals surface area contributed by atoms with Gasteiger partial charge in [0.25, 0.3) is 0 Å². The van der Waals surface area contributed by atoms with Crippen LogP contribution in [0.3, 0.4) is 0 Å². The summed E-state index contributed by atoms with van der Waals surface area (Å²) in [5.74, 6) is -1.03. The molecule has 7 heteroatoms. The van der Waals surface area contributed by atoms with E-state index in [0.717, 1.165) is 5.37 Å². The minimum atomic E-state index is -2.31. The fourth-order valence-electron chi connectivity index (χ4n) is 1.44. The molecule has 1 N–H and O–H groups in total. The highest BCUT2D eigenvalue weighted by Crippen LogP contribution is 2.23. The molecule has 4 nitrogen and oxygen atoms in total. The van der Waals surface area contributed by atoms with Crippen molar-refractivity contribution >= 4 is 53.5 Å². The van der Waals surface area contributed by atoms with Gasteiger partial charge in [-0.3, -0.25) is 0 Å². The lowest BCUT2D eigenvalue weighted by Crippen LogP contribution is -2.06. The molecule has 0 radical (unpaired) electrons. The Kier molecular flexibility index (Phi) is 5.35. The maximum atomic E-state index is 11.0. The molecule has 0 amide bonds. The minimum Gasteiger partial charge on any atom is -0.478 e. The van der Waals surface area contributed by atoms with E-state index < -0.39 is 16.3 Å². The molecule has 0 aliphatic carbocycles. The summed E-state index contributed by atoms with van der Waals surface area (Å²) in [4.78, 5) is 11.0. The van der Waals surface area contributed by atoms with E-state index in [1.165, 1.54) is 12.1 Å². The van der Waals surface area contributed by atoms with Crippen molar-refractivity contribution in [2.24, 2.45) is 0 Å². The molecular formula is C10H8Br2O4S. The zero-order valence-corrected chi connectivity index (χ0v) is 12.5. The van der Waals surface area contributed by atoms with E-state index in [1.807, 2.05) is 0 Å². The van der Waals surface area contributed by atoms with Crippen molar-refractivity contribution in [2.45, 2.75) is 10.7 Å². The van der Waals surface area contributed by atoms with Gasteiger partial charge in [0.1, 0.15) is 0 Å². The lowest BCUT2D eigenvalue weighted by Gasteiger charge is -2.10. The second-order valence-corrected chi connectivity index (χ2v) is 4.99. The fraction of sp³-hybridized carbons (Fsp3) is 0.200. The third-order valence-corrected chi connectivity index (χ3v) is 3.76. The summed E-state index contributed by atoms with van der Waals surface area (Å²) in [5, 5.41) is 10.8. The van der Waals surface area contributed by atoms with Gasteiger partial charge in [0.15, 0.2) is 0 Å². The first-order chi connectivity index (χ1) is 8.01. The molecule has 0 heterocycles. The smallest absolute Gasteiger partial charge is 0.336 e. The van der Waals surface area contributed by atoms with E-state index in [0.29, 0.717) is 27.4 Å². The molecule has 0 atom stereocenters. The predicted molar refractivity (Wildman–Crippen MR) is 72.7 cm³/mol. The van der Waals surface area contributed by atoms with Gasteiger partial charge in [0, 0.05) is 10.7 Å². The Bertz CT molecular complexity index is 570. The molecule has 0 aliphatic rings. The Morgan fingerprint density at radius 3 is 2.24 bits per heavy atom. The molecule has 0 saturated heterocycles. The molecule has 1 aromatic rings. The van der Waals surface area contributed by atoms with Crippen molar-refractivity contribution < 1.29 is 18.3 Å². The van der Waals surface area contributed by atoms with Crippen LogP contribution in [0.1, 0.15) is 27.0 Å². The topological polar surface area (TPSA) is 71.4 Å². The SMILES string of the molecule is O=C(O)c1ccc(C=S(=O)=O)c(CBr)c1CBr. The molecule has 0 aliphatic heterocycles. The van der Waals surface area contributed by atoms with Crippen LogP contribution in [0.5, 0.6) is 0 Å². The highest BCUT2D eigenvalue weighted by atomic mass is 79.9. The van der Waals surface area contributed by atoms with E-state index in [-0.39, 0.29) is 5.56 Å². The van der Waals surface area contributed by atoms with Crippen molar-refractivity contribution in [3.63, 3.8) is 0 Å². The fourth-order valence-corrected chi connectivity index (χ4v) is 3.17. The highest BCUT2D eigenvalue weighted by molar-refractivity contribution is 9.09. The number of alkyl halides is 2. The van der Waals surface area contributed by atoms with Crippen LogP contribution in [0.25, 0.3) is 0 Å². The number of hydrogen-bond donors (Lipinski definition) is 1. The molecule has 92 valence electrons. The molecule has 0 saturated carbocycles. The van der Waals surface area contributed by atoms with Gasteiger partial charge in [-0.2, -0.15) is 8.42 Å². The number of carboxylic acid groups (broad SMARTS) is 1.